The van der Waals surface area contributed by atoms with Gasteiger partial charge in [-0.05, 0) is 51.0 Å². The number of nitrogens with zero attached hydrogens (tertiary/aromatic N) is 3. The van der Waals surface area contributed by atoms with Gasteiger partial charge < -0.3 is 10.2 Å². The van der Waals surface area contributed by atoms with Crippen LogP contribution in [0.2, 0.25) is 0 Å². The molecule has 0 saturated carbocycles. The zero-order valence-corrected chi connectivity index (χ0v) is 15.6. The van der Waals surface area contributed by atoms with Gasteiger partial charge in [-0.15, -0.1) is 0 Å². The van der Waals surface area contributed by atoms with Crippen LogP contribution in [0.4, 0.5) is 11.8 Å². The minimum Gasteiger partial charge on any atom is -0.356 e. The number of nitrogens with one attached hydrogen (secondary N) is 2. The lowest BCUT2D eigenvalue weighted by molar-refractivity contribution is 0.415. The highest BCUT2D eigenvalue weighted by molar-refractivity contribution is 7.96. The first-order valence-corrected chi connectivity index (χ1v) is 9.94. The first kappa shape index (κ1) is 17.3. The van der Waals surface area contributed by atoms with Crippen molar-refractivity contribution in [2.75, 3.05) is 36.1 Å². The lowest BCUT2D eigenvalue weighted by Gasteiger charge is -2.34. The Morgan fingerprint density at radius 1 is 1.29 bits per heavy atom. The van der Waals surface area contributed by atoms with Crippen molar-refractivity contribution in [3.8, 4) is 0 Å². The van der Waals surface area contributed by atoms with E-state index in [4.69, 9.17) is 4.98 Å². The molecule has 1 fully saturated rings. The van der Waals surface area contributed by atoms with E-state index in [0.29, 0.717) is 12.0 Å². The third kappa shape index (κ3) is 4.11. The van der Waals surface area contributed by atoms with Crippen LogP contribution < -0.4 is 14.9 Å². The molecule has 6 heteroatoms. The Kier molecular flexibility index (Phi) is 5.79. The molecule has 2 N–H and O–H groups in total. The van der Waals surface area contributed by atoms with Crippen LogP contribution in [0.3, 0.4) is 0 Å². The van der Waals surface area contributed by atoms with Crippen LogP contribution in [-0.2, 0) is 0 Å². The summed E-state index contributed by atoms with van der Waals surface area (Å²) >= 11 is 1.70. The van der Waals surface area contributed by atoms with Crippen molar-refractivity contribution in [1.29, 1.82) is 0 Å². The zero-order chi connectivity index (χ0) is 16.9. The molecule has 2 heterocycles. The van der Waals surface area contributed by atoms with E-state index >= 15 is 0 Å². The molecule has 0 spiro atoms. The van der Waals surface area contributed by atoms with Gasteiger partial charge in [-0.25, -0.2) is 4.98 Å². The fourth-order valence-corrected chi connectivity index (χ4v) is 3.65. The maximum Gasteiger partial charge on any atom is 0.225 e. The number of hydrogen-bond donors (Lipinski definition) is 2. The minimum atomic E-state index is 0.318. The summed E-state index contributed by atoms with van der Waals surface area (Å²) < 4.78 is 3.41. The van der Waals surface area contributed by atoms with Crippen LogP contribution in [-0.4, -0.2) is 41.9 Å². The molecule has 0 radical (unpaired) electrons. The molecule has 1 aliphatic heterocycles. The molecule has 5 nitrogen and oxygen atoms in total. The van der Waals surface area contributed by atoms with Gasteiger partial charge in [-0.2, -0.15) is 4.98 Å². The van der Waals surface area contributed by atoms with Gasteiger partial charge in [0.1, 0.15) is 5.82 Å². The number of hydrogen-bond acceptors (Lipinski definition) is 6. The minimum absolute atomic E-state index is 0.318. The van der Waals surface area contributed by atoms with Crippen LogP contribution in [0.25, 0.3) is 10.9 Å². The molecule has 130 valence electrons. The highest BCUT2D eigenvalue weighted by atomic mass is 32.2. The summed E-state index contributed by atoms with van der Waals surface area (Å²) in [6, 6.07) is 8.64. The molecule has 1 aromatic carbocycles. The van der Waals surface area contributed by atoms with Gasteiger partial charge in [0.25, 0.3) is 0 Å². The second-order valence-electron chi connectivity index (χ2n) is 6.69. The SMILES string of the molecule is CSNCC1CCCN(c2nc(NC(C)C)nc3ccccc23)C1. The molecule has 1 aliphatic rings. The number of piperidine rings is 1. The monoisotopic (exact) mass is 345 g/mol. The molecule has 3 rings (SSSR count). The Bertz CT molecular complexity index is 676. The average Bonchev–Trinajstić information content (AvgIpc) is 2.59. The lowest BCUT2D eigenvalue weighted by Crippen LogP contribution is -2.39. The highest BCUT2D eigenvalue weighted by Gasteiger charge is 2.23. The van der Waals surface area contributed by atoms with E-state index in [2.05, 4.69) is 58.2 Å². The second kappa shape index (κ2) is 8.03. The number of rotatable bonds is 6. The van der Waals surface area contributed by atoms with Gasteiger partial charge in [0.2, 0.25) is 5.95 Å². The largest absolute Gasteiger partial charge is 0.356 e. The molecule has 1 unspecified atom stereocenters. The van der Waals surface area contributed by atoms with E-state index in [0.717, 1.165) is 42.3 Å². The Morgan fingerprint density at radius 2 is 2.12 bits per heavy atom. The Balaban J connectivity index is 1.91. The van der Waals surface area contributed by atoms with Crippen molar-refractivity contribution in [2.45, 2.75) is 32.7 Å². The number of anilines is 2. The van der Waals surface area contributed by atoms with Gasteiger partial charge in [-0.3, -0.25) is 4.72 Å². The maximum absolute atomic E-state index is 4.86. The van der Waals surface area contributed by atoms with Gasteiger partial charge >= 0.3 is 0 Å². The molecule has 0 aliphatic carbocycles. The third-order valence-corrected chi connectivity index (χ3v) is 4.79. The Hall–Kier alpha value is -1.53. The summed E-state index contributed by atoms with van der Waals surface area (Å²) in [5, 5.41) is 4.50. The maximum atomic E-state index is 4.86. The van der Waals surface area contributed by atoms with E-state index in [1.807, 2.05) is 6.07 Å². The van der Waals surface area contributed by atoms with E-state index in [9.17, 15) is 0 Å². The second-order valence-corrected chi connectivity index (χ2v) is 7.39. The molecule has 1 aromatic heterocycles. The van der Waals surface area contributed by atoms with E-state index in [-0.39, 0.29) is 0 Å². The fraction of sp³-hybridized carbons (Fsp3) is 0.556. The predicted octanol–water partition coefficient (Wildman–Crippen LogP) is 3.53. The van der Waals surface area contributed by atoms with Crippen molar-refractivity contribution in [3.63, 3.8) is 0 Å². The summed E-state index contributed by atoms with van der Waals surface area (Å²) in [6.07, 6.45) is 4.58. The molecule has 24 heavy (non-hydrogen) atoms. The van der Waals surface area contributed by atoms with Crippen molar-refractivity contribution < 1.29 is 0 Å². The Labute approximate surface area is 148 Å². The molecule has 1 saturated heterocycles. The molecular formula is C18H27N5S. The van der Waals surface area contributed by atoms with Crippen LogP contribution >= 0.6 is 11.9 Å². The molecular weight excluding hydrogens is 318 g/mol. The average molecular weight is 346 g/mol. The quantitative estimate of drug-likeness (QED) is 0.781. The summed E-state index contributed by atoms with van der Waals surface area (Å²) in [7, 11) is 0. The van der Waals surface area contributed by atoms with Gasteiger partial charge in [-0.1, -0.05) is 24.1 Å². The van der Waals surface area contributed by atoms with Crippen molar-refractivity contribution >= 4 is 34.6 Å². The first-order chi connectivity index (χ1) is 11.7. The van der Waals surface area contributed by atoms with Crippen LogP contribution in [0.5, 0.6) is 0 Å². The molecule has 0 amide bonds. The van der Waals surface area contributed by atoms with Crippen LogP contribution in [0.1, 0.15) is 26.7 Å². The number of benzene rings is 1. The van der Waals surface area contributed by atoms with Gasteiger partial charge in [0.05, 0.1) is 5.52 Å². The summed E-state index contributed by atoms with van der Waals surface area (Å²) in [5.41, 5.74) is 1.01. The summed E-state index contributed by atoms with van der Waals surface area (Å²) in [5.74, 6) is 2.46. The number of fused-ring (bicyclic) bond motifs is 1. The topological polar surface area (TPSA) is 53.1 Å². The van der Waals surface area contributed by atoms with Crippen LogP contribution in [0, 0.1) is 5.92 Å². The van der Waals surface area contributed by atoms with E-state index < -0.39 is 0 Å². The highest BCUT2D eigenvalue weighted by Crippen LogP contribution is 2.29. The number of para-hydroxylation sites is 1. The number of aromatic nitrogens is 2. The van der Waals surface area contributed by atoms with E-state index in [1.165, 1.54) is 12.8 Å². The smallest absolute Gasteiger partial charge is 0.225 e. The molecule has 1 atom stereocenters. The lowest BCUT2D eigenvalue weighted by atomic mass is 9.98. The van der Waals surface area contributed by atoms with Crippen molar-refractivity contribution in [1.82, 2.24) is 14.7 Å². The molecule has 0 bridgehead atoms. The van der Waals surface area contributed by atoms with Gasteiger partial charge in [0.15, 0.2) is 0 Å². The fourth-order valence-electron chi connectivity index (χ4n) is 3.25. The van der Waals surface area contributed by atoms with Gasteiger partial charge in [0, 0.05) is 31.1 Å². The van der Waals surface area contributed by atoms with E-state index in [1.54, 1.807) is 11.9 Å². The van der Waals surface area contributed by atoms with Crippen molar-refractivity contribution in [2.24, 2.45) is 5.92 Å². The first-order valence-electron chi connectivity index (χ1n) is 8.71. The standard InChI is InChI=1S/C18H27N5S/c1-13(2)20-18-21-16-9-5-4-8-15(16)17(22-18)23-10-6-7-14(12-23)11-19-24-3/h4-5,8-9,13-14,19H,6-7,10-12H2,1-3H3,(H,20,21,22). The third-order valence-electron chi connectivity index (χ3n) is 4.34. The normalized spacial score (nSPS) is 18.3. The van der Waals surface area contributed by atoms with Crippen molar-refractivity contribution in [3.05, 3.63) is 24.3 Å². The Morgan fingerprint density at radius 3 is 2.92 bits per heavy atom. The summed E-state index contributed by atoms with van der Waals surface area (Å²) in [4.78, 5) is 12.0. The zero-order valence-electron chi connectivity index (χ0n) is 14.7. The summed E-state index contributed by atoms with van der Waals surface area (Å²) in [6.45, 7) is 7.40. The predicted molar refractivity (Wildman–Crippen MR) is 105 cm³/mol. The molecule has 2 aromatic rings. The van der Waals surface area contributed by atoms with Crippen LogP contribution in [0.15, 0.2) is 24.3 Å².